The fraction of sp³-hybridized carbons (Fsp3) is 0.846. The Labute approximate surface area is 109 Å². The van der Waals surface area contributed by atoms with Crippen molar-refractivity contribution in [3.05, 3.63) is 0 Å². The van der Waals surface area contributed by atoms with Crippen LogP contribution < -0.4 is 5.32 Å². The fourth-order valence-corrected chi connectivity index (χ4v) is 2.11. The van der Waals surface area contributed by atoms with Crippen LogP contribution in [0.15, 0.2) is 0 Å². The monoisotopic (exact) mass is 256 g/mol. The molecule has 1 aliphatic heterocycles. The number of hydrogen-bond acceptors (Lipinski definition) is 3. The molecular weight excluding hydrogens is 232 g/mol. The second-order valence-electron chi connectivity index (χ2n) is 5.76. The molecule has 0 aliphatic carbocycles. The molecule has 0 spiro atoms. The summed E-state index contributed by atoms with van der Waals surface area (Å²) in [5.74, 6) is -1.13. The van der Waals surface area contributed by atoms with Gasteiger partial charge in [0.15, 0.2) is 0 Å². The lowest BCUT2D eigenvalue weighted by Crippen LogP contribution is -2.42. The van der Waals surface area contributed by atoms with Crippen LogP contribution in [0.5, 0.6) is 0 Å². The molecule has 1 heterocycles. The molecular formula is C13H24N2O3. The van der Waals surface area contributed by atoms with E-state index < -0.39 is 11.4 Å². The van der Waals surface area contributed by atoms with Gasteiger partial charge in [-0.05, 0) is 46.7 Å². The first-order valence-electron chi connectivity index (χ1n) is 6.57. The topological polar surface area (TPSA) is 69.6 Å². The van der Waals surface area contributed by atoms with Gasteiger partial charge in [-0.25, -0.2) is 0 Å². The zero-order valence-corrected chi connectivity index (χ0v) is 11.5. The van der Waals surface area contributed by atoms with Gasteiger partial charge in [-0.3, -0.25) is 14.5 Å². The molecule has 5 nitrogen and oxygen atoms in total. The average Bonchev–Trinajstić information content (AvgIpc) is 2.78. The quantitative estimate of drug-likeness (QED) is 0.746. The maximum atomic E-state index is 11.7. The Hall–Kier alpha value is -1.10. The molecule has 0 radical (unpaired) electrons. The Kier molecular flexibility index (Phi) is 5.14. The third-order valence-corrected chi connectivity index (χ3v) is 3.54. The van der Waals surface area contributed by atoms with Crippen molar-refractivity contribution in [3.63, 3.8) is 0 Å². The third kappa shape index (κ3) is 4.29. The largest absolute Gasteiger partial charge is 0.481 e. The second-order valence-corrected chi connectivity index (χ2v) is 5.76. The van der Waals surface area contributed by atoms with Crippen LogP contribution in [0.2, 0.25) is 0 Å². The Morgan fingerprint density at radius 1 is 1.33 bits per heavy atom. The van der Waals surface area contributed by atoms with Gasteiger partial charge in [-0.1, -0.05) is 0 Å². The number of aliphatic carboxylic acids is 1. The Balaban J connectivity index is 2.30. The summed E-state index contributed by atoms with van der Waals surface area (Å²) < 4.78 is 0. The molecule has 2 N–H and O–H groups in total. The number of carbonyl (C=O) groups excluding carboxylic acids is 1. The van der Waals surface area contributed by atoms with E-state index in [1.807, 2.05) is 0 Å². The summed E-state index contributed by atoms with van der Waals surface area (Å²) in [6.07, 6.45) is 2.48. The predicted molar refractivity (Wildman–Crippen MR) is 69.3 cm³/mol. The maximum Gasteiger partial charge on any atom is 0.309 e. The molecule has 1 aliphatic rings. The molecule has 104 valence electrons. The van der Waals surface area contributed by atoms with Gasteiger partial charge in [0.05, 0.1) is 5.41 Å². The first-order chi connectivity index (χ1) is 8.33. The highest BCUT2D eigenvalue weighted by Gasteiger charge is 2.30. The molecule has 1 unspecified atom stereocenters. The Bertz CT molecular complexity index is 309. The van der Waals surface area contributed by atoms with Crippen molar-refractivity contribution in [1.82, 2.24) is 10.2 Å². The van der Waals surface area contributed by atoms with E-state index in [4.69, 9.17) is 5.11 Å². The summed E-state index contributed by atoms with van der Waals surface area (Å²) in [5.41, 5.74) is -0.999. The lowest BCUT2D eigenvalue weighted by molar-refractivity contribution is -0.149. The lowest BCUT2D eigenvalue weighted by atomic mass is 9.89. The van der Waals surface area contributed by atoms with Gasteiger partial charge < -0.3 is 10.4 Å². The molecule has 1 saturated heterocycles. The van der Waals surface area contributed by atoms with Gasteiger partial charge in [-0.15, -0.1) is 0 Å². The van der Waals surface area contributed by atoms with Gasteiger partial charge in [0.1, 0.15) is 0 Å². The van der Waals surface area contributed by atoms with Crippen LogP contribution in [-0.2, 0) is 9.59 Å². The number of rotatable bonds is 6. The summed E-state index contributed by atoms with van der Waals surface area (Å²) in [6.45, 7) is 8.01. The highest BCUT2D eigenvalue weighted by Crippen LogP contribution is 2.20. The number of nitrogens with one attached hydrogen (secondary N) is 1. The van der Waals surface area contributed by atoms with Gasteiger partial charge in [0, 0.05) is 19.0 Å². The highest BCUT2D eigenvalue weighted by molar-refractivity contribution is 5.84. The van der Waals surface area contributed by atoms with Crippen LogP contribution in [0.3, 0.4) is 0 Å². The lowest BCUT2D eigenvalue weighted by Gasteiger charge is -2.25. The molecule has 1 fully saturated rings. The highest BCUT2D eigenvalue weighted by atomic mass is 16.4. The van der Waals surface area contributed by atoms with Gasteiger partial charge in [-0.2, -0.15) is 0 Å². The summed E-state index contributed by atoms with van der Waals surface area (Å²) in [6, 6.07) is 0.324. The summed E-state index contributed by atoms with van der Waals surface area (Å²) in [4.78, 5) is 25.0. The molecule has 18 heavy (non-hydrogen) atoms. The first-order valence-corrected chi connectivity index (χ1v) is 6.57. The van der Waals surface area contributed by atoms with Crippen LogP contribution in [-0.4, -0.2) is 47.6 Å². The average molecular weight is 256 g/mol. The zero-order chi connectivity index (χ0) is 13.8. The molecule has 1 atom stereocenters. The molecule has 0 saturated carbocycles. The number of carboxylic acid groups (broad SMARTS) is 1. The SMILES string of the molecule is CC(CNC(=O)CC(C)(C)C(=O)O)N1CCCC1. The fourth-order valence-electron chi connectivity index (χ4n) is 2.11. The molecule has 0 aromatic heterocycles. The maximum absolute atomic E-state index is 11.7. The van der Waals surface area contributed by atoms with E-state index in [-0.39, 0.29) is 12.3 Å². The van der Waals surface area contributed by atoms with Crippen molar-refractivity contribution in [1.29, 1.82) is 0 Å². The van der Waals surface area contributed by atoms with Crippen molar-refractivity contribution < 1.29 is 14.7 Å². The van der Waals surface area contributed by atoms with Gasteiger partial charge in [0.25, 0.3) is 0 Å². The van der Waals surface area contributed by atoms with Gasteiger partial charge >= 0.3 is 5.97 Å². The van der Waals surface area contributed by atoms with Crippen molar-refractivity contribution in [2.45, 2.75) is 46.1 Å². The Morgan fingerprint density at radius 3 is 2.39 bits per heavy atom. The minimum absolute atomic E-state index is 0.0229. The molecule has 0 aromatic carbocycles. The van der Waals surface area contributed by atoms with Crippen LogP contribution in [0.25, 0.3) is 0 Å². The van der Waals surface area contributed by atoms with Crippen molar-refractivity contribution in [3.8, 4) is 0 Å². The molecule has 5 heteroatoms. The number of carboxylic acids is 1. The van der Waals surface area contributed by atoms with Crippen LogP contribution in [0, 0.1) is 5.41 Å². The second kappa shape index (κ2) is 6.18. The van der Waals surface area contributed by atoms with Crippen molar-refractivity contribution in [2.75, 3.05) is 19.6 Å². The summed E-state index contributed by atoms with van der Waals surface area (Å²) >= 11 is 0. The first kappa shape index (κ1) is 15.0. The van der Waals surface area contributed by atoms with E-state index in [1.54, 1.807) is 13.8 Å². The number of hydrogen-bond donors (Lipinski definition) is 2. The van der Waals surface area contributed by atoms with E-state index in [0.29, 0.717) is 12.6 Å². The van der Waals surface area contributed by atoms with Crippen LogP contribution in [0.1, 0.15) is 40.0 Å². The smallest absolute Gasteiger partial charge is 0.309 e. The number of likely N-dealkylation sites (tertiary alicyclic amines) is 1. The van der Waals surface area contributed by atoms with E-state index in [2.05, 4.69) is 17.1 Å². The third-order valence-electron chi connectivity index (χ3n) is 3.54. The minimum Gasteiger partial charge on any atom is -0.481 e. The number of carbonyl (C=O) groups is 2. The zero-order valence-electron chi connectivity index (χ0n) is 11.5. The predicted octanol–water partition coefficient (Wildman–Crippen LogP) is 1.09. The van der Waals surface area contributed by atoms with Crippen LogP contribution >= 0.6 is 0 Å². The van der Waals surface area contributed by atoms with Gasteiger partial charge in [0.2, 0.25) is 5.91 Å². The Morgan fingerprint density at radius 2 is 1.89 bits per heavy atom. The van der Waals surface area contributed by atoms with E-state index in [9.17, 15) is 9.59 Å². The molecule has 1 amide bonds. The van der Waals surface area contributed by atoms with Crippen molar-refractivity contribution >= 4 is 11.9 Å². The molecule has 0 bridgehead atoms. The number of nitrogens with zero attached hydrogens (tertiary/aromatic N) is 1. The van der Waals surface area contributed by atoms with Crippen molar-refractivity contribution in [2.24, 2.45) is 5.41 Å². The summed E-state index contributed by atoms with van der Waals surface area (Å²) in [7, 11) is 0. The van der Waals surface area contributed by atoms with E-state index in [0.717, 1.165) is 13.1 Å². The number of amides is 1. The molecule has 0 aromatic rings. The van der Waals surface area contributed by atoms with Crippen LogP contribution in [0.4, 0.5) is 0 Å². The standard InChI is InChI=1S/C13H24N2O3/c1-10(15-6-4-5-7-15)9-14-11(16)8-13(2,3)12(17)18/h10H,4-9H2,1-3H3,(H,14,16)(H,17,18). The minimum atomic E-state index is -0.999. The summed E-state index contributed by atoms with van der Waals surface area (Å²) in [5, 5.41) is 11.8. The van der Waals surface area contributed by atoms with E-state index >= 15 is 0 Å². The van der Waals surface area contributed by atoms with E-state index in [1.165, 1.54) is 12.8 Å². The molecule has 1 rings (SSSR count). The normalized spacial score (nSPS) is 18.6.